The second-order valence-electron chi connectivity index (χ2n) is 5.16. The zero-order valence-electron chi connectivity index (χ0n) is 12.0. The molecular formula is C17H24N2. The molecule has 0 bridgehead atoms. The Morgan fingerprint density at radius 1 is 1.11 bits per heavy atom. The number of hydrogen-bond donors (Lipinski definition) is 1. The number of aryl methyl sites for hydroxylation is 2. The van der Waals surface area contributed by atoms with Gasteiger partial charge in [0.15, 0.2) is 0 Å². The van der Waals surface area contributed by atoms with Gasteiger partial charge >= 0.3 is 0 Å². The fraction of sp³-hybridized carbons (Fsp3) is 0.412. The maximum Gasteiger partial charge on any atom is 0.0223 e. The van der Waals surface area contributed by atoms with Crippen LogP contribution in [0.5, 0.6) is 0 Å². The molecule has 0 radical (unpaired) electrons. The lowest BCUT2D eigenvalue weighted by Gasteiger charge is -2.13. The Hall–Kier alpha value is -1.54. The van der Waals surface area contributed by atoms with Gasteiger partial charge in [-0.25, -0.2) is 0 Å². The second kappa shape index (κ2) is 7.15. The molecule has 0 spiro atoms. The summed E-state index contributed by atoms with van der Waals surface area (Å²) in [7, 11) is 0. The summed E-state index contributed by atoms with van der Waals surface area (Å²) in [4.78, 5) is 0. The first kappa shape index (κ1) is 13.9. The number of nitrogens with one attached hydrogen (secondary N) is 1. The average Bonchev–Trinajstić information content (AvgIpc) is 2.92. The molecule has 19 heavy (non-hydrogen) atoms. The monoisotopic (exact) mass is 256 g/mol. The molecule has 1 atom stereocenters. The molecule has 0 saturated heterocycles. The summed E-state index contributed by atoms with van der Waals surface area (Å²) in [5.41, 5.74) is 2.79. The van der Waals surface area contributed by atoms with Crippen molar-refractivity contribution in [3.05, 3.63) is 59.9 Å². The van der Waals surface area contributed by atoms with Gasteiger partial charge in [0.1, 0.15) is 0 Å². The van der Waals surface area contributed by atoms with Crippen LogP contribution in [0.15, 0.2) is 48.8 Å². The lowest BCUT2D eigenvalue weighted by Crippen LogP contribution is -2.25. The maximum absolute atomic E-state index is 3.59. The summed E-state index contributed by atoms with van der Waals surface area (Å²) < 4.78 is 2.21. The quantitative estimate of drug-likeness (QED) is 0.800. The highest BCUT2D eigenvalue weighted by Gasteiger charge is 2.03. The fourth-order valence-corrected chi connectivity index (χ4v) is 2.21. The van der Waals surface area contributed by atoms with Crippen molar-refractivity contribution in [3.8, 4) is 0 Å². The van der Waals surface area contributed by atoms with Crippen LogP contribution in [-0.2, 0) is 19.5 Å². The van der Waals surface area contributed by atoms with Crippen molar-refractivity contribution in [2.45, 2.75) is 45.8 Å². The molecule has 2 nitrogen and oxygen atoms in total. The molecule has 1 aromatic carbocycles. The summed E-state index contributed by atoms with van der Waals surface area (Å²) in [6.45, 7) is 6.44. The third-order valence-electron chi connectivity index (χ3n) is 3.54. The van der Waals surface area contributed by atoms with Gasteiger partial charge in [-0.15, -0.1) is 0 Å². The Kier molecular flexibility index (Phi) is 5.22. The van der Waals surface area contributed by atoms with Crippen LogP contribution in [0.2, 0.25) is 0 Å². The van der Waals surface area contributed by atoms with Gasteiger partial charge in [0, 0.05) is 31.5 Å². The summed E-state index contributed by atoms with van der Waals surface area (Å²) in [6.07, 6.45) is 6.69. The number of aromatic nitrogens is 1. The third kappa shape index (κ3) is 4.56. The van der Waals surface area contributed by atoms with E-state index in [0.717, 1.165) is 19.5 Å². The van der Waals surface area contributed by atoms with Crippen molar-refractivity contribution in [2.24, 2.45) is 0 Å². The minimum Gasteiger partial charge on any atom is -0.354 e. The third-order valence-corrected chi connectivity index (χ3v) is 3.54. The lowest BCUT2D eigenvalue weighted by molar-refractivity contribution is 0.514. The van der Waals surface area contributed by atoms with Gasteiger partial charge in [-0.05, 0) is 43.9 Å². The molecule has 0 saturated carbocycles. The predicted octanol–water partition coefficient (Wildman–Crippen LogP) is 3.62. The molecule has 0 aliphatic rings. The van der Waals surface area contributed by atoms with Crippen molar-refractivity contribution in [3.63, 3.8) is 0 Å². The van der Waals surface area contributed by atoms with Gasteiger partial charge in [-0.2, -0.15) is 0 Å². The van der Waals surface area contributed by atoms with Gasteiger partial charge in [0.25, 0.3) is 0 Å². The SMILES string of the molecule is CCn1ccc(CNC(C)CCc2ccccc2)c1. The number of hydrogen-bond acceptors (Lipinski definition) is 1. The largest absolute Gasteiger partial charge is 0.354 e. The van der Waals surface area contributed by atoms with E-state index in [0.29, 0.717) is 6.04 Å². The van der Waals surface area contributed by atoms with Crippen LogP contribution < -0.4 is 5.32 Å². The highest BCUT2D eigenvalue weighted by molar-refractivity contribution is 5.15. The first-order chi connectivity index (χ1) is 9.28. The molecule has 1 heterocycles. The van der Waals surface area contributed by atoms with E-state index in [1.54, 1.807) is 0 Å². The predicted molar refractivity (Wildman–Crippen MR) is 81.2 cm³/mol. The molecule has 2 rings (SSSR count). The van der Waals surface area contributed by atoms with E-state index < -0.39 is 0 Å². The highest BCUT2D eigenvalue weighted by atomic mass is 14.9. The molecule has 102 valence electrons. The Bertz CT molecular complexity index is 473. The minimum absolute atomic E-state index is 0.546. The topological polar surface area (TPSA) is 17.0 Å². The van der Waals surface area contributed by atoms with Gasteiger partial charge in [0.05, 0.1) is 0 Å². The molecule has 2 aromatic rings. The zero-order valence-corrected chi connectivity index (χ0v) is 12.0. The maximum atomic E-state index is 3.59. The average molecular weight is 256 g/mol. The molecule has 0 amide bonds. The number of benzene rings is 1. The fourth-order valence-electron chi connectivity index (χ4n) is 2.21. The van der Waals surface area contributed by atoms with E-state index in [1.165, 1.54) is 17.5 Å². The second-order valence-corrected chi connectivity index (χ2v) is 5.16. The molecule has 0 fully saturated rings. The number of nitrogens with zero attached hydrogens (tertiary/aromatic N) is 1. The molecule has 1 unspecified atom stereocenters. The first-order valence-corrected chi connectivity index (χ1v) is 7.20. The van der Waals surface area contributed by atoms with E-state index in [1.807, 2.05) is 0 Å². The van der Waals surface area contributed by atoms with Crippen LogP contribution in [0, 0.1) is 0 Å². The summed E-state index contributed by atoms with van der Waals surface area (Å²) in [6, 6.07) is 13.4. The van der Waals surface area contributed by atoms with Gasteiger partial charge in [-0.1, -0.05) is 30.3 Å². The molecule has 0 aliphatic carbocycles. The Morgan fingerprint density at radius 3 is 2.58 bits per heavy atom. The highest BCUT2D eigenvalue weighted by Crippen LogP contribution is 2.06. The first-order valence-electron chi connectivity index (χ1n) is 7.20. The van der Waals surface area contributed by atoms with Gasteiger partial charge in [0.2, 0.25) is 0 Å². The Balaban J connectivity index is 1.71. The van der Waals surface area contributed by atoms with Crippen LogP contribution in [0.25, 0.3) is 0 Å². The van der Waals surface area contributed by atoms with Gasteiger partial charge in [-0.3, -0.25) is 0 Å². The van der Waals surface area contributed by atoms with Gasteiger partial charge < -0.3 is 9.88 Å². The lowest BCUT2D eigenvalue weighted by atomic mass is 10.1. The molecule has 1 N–H and O–H groups in total. The van der Waals surface area contributed by atoms with Crippen LogP contribution in [0.4, 0.5) is 0 Å². The van der Waals surface area contributed by atoms with Crippen LogP contribution in [0.1, 0.15) is 31.4 Å². The summed E-state index contributed by atoms with van der Waals surface area (Å²) in [5, 5.41) is 3.59. The van der Waals surface area contributed by atoms with E-state index in [9.17, 15) is 0 Å². The Labute approximate surface area is 116 Å². The van der Waals surface area contributed by atoms with Crippen molar-refractivity contribution in [2.75, 3.05) is 0 Å². The Morgan fingerprint density at radius 2 is 1.89 bits per heavy atom. The zero-order chi connectivity index (χ0) is 13.5. The van der Waals surface area contributed by atoms with Crippen LogP contribution in [0.3, 0.4) is 0 Å². The smallest absolute Gasteiger partial charge is 0.0223 e. The summed E-state index contributed by atoms with van der Waals surface area (Å²) >= 11 is 0. The minimum atomic E-state index is 0.546. The van der Waals surface area contributed by atoms with Crippen LogP contribution in [-0.4, -0.2) is 10.6 Å². The molecule has 0 aliphatic heterocycles. The van der Waals surface area contributed by atoms with Crippen molar-refractivity contribution < 1.29 is 0 Å². The van der Waals surface area contributed by atoms with Crippen molar-refractivity contribution in [1.82, 2.24) is 9.88 Å². The molecular weight excluding hydrogens is 232 g/mol. The van der Waals surface area contributed by atoms with E-state index in [-0.39, 0.29) is 0 Å². The van der Waals surface area contributed by atoms with Crippen molar-refractivity contribution in [1.29, 1.82) is 0 Å². The number of rotatable bonds is 7. The van der Waals surface area contributed by atoms with Crippen molar-refractivity contribution >= 4 is 0 Å². The molecule has 2 heteroatoms. The standard InChI is InChI=1S/C17H24N2/c1-3-19-12-11-17(14-19)13-18-15(2)9-10-16-7-5-4-6-8-16/h4-8,11-12,14-15,18H,3,9-10,13H2,1-2H3. The summed E-state index contributed by atoms with van der Waals surface area (Å²) in [5.74, 6) is 0. The van der Waals surface area contributed by atoms with Crippen LogP contribution >= 0.6 is 0 Å². The normalized spacial score (nSPS) is 12.5. The molecule has 1 aromatic heterocycles. The van der Waals surface area contributed by atoms with E-state index >= 15 is 0 Å². The van der Waals surface area contributed by atoms with E-state index in [2.05, 4.69) is 72.5 Å². The van der Waals surface area contributed by atoms with E-state index in [4.69, 9.17) is 0 Å².